The van der Waals surface area contributed by atoms with E-state index < -0.39 is 0 Å². The molecule has 1 amide bonds. The average molecular weight is 248 g/mol. The molecule has 0 spiro atoms. The number of para-hydroxylation sites is 1. The van der Waals surface area contributed by atoms with Crippen LogP contribution < -0.4 is 10.6 Å². The lowest BCUT2D eigenvalue weighted by molar-refractivity contribution is -0.122. The minimum atomic E-state index is -0.0852. The second-order valence-electron chi connectivity index (χ2n) is 4.63. The van der Waals surface area contributed by atoms with Crippen LogP contribution in [0.2, 0.25) is 0 Å². The smallest absolute Gasteiger partial charge is 0.243 e. The topological polar surface area (TPSA) is 41.1 Å². The number of hydrogen-bond acceptors (Lipinski definition) is 3. The predicted molar refractivity (Wildman–Crippen MR) is 71.4 cm³/mol. The number of nitrogens with one attached hydrogen (secondary N) is 2. The molecular weight excluding hydrogens is 232 g/mol. The number of hydrogen-bond donors (Lipinski definition) is 2. The SMILES string of the molecule is O=C(NC1CCSC1)[C@@H]1Cc2ccccc2N1. The Balaban J connectivity index is 1.62. The van der Waals surface area contributed by atoms with Crippen molar-refractivity contribution in [3.63, 3.8) is 0 Å². The van der Waals surface area contributed by atoms with Gasteiger partial charge in [-0.05, 0) is 23.8 Å². The highest BCUT2D eigenvalue weighted by Gasteiger charge is 2.28. The van der Waals surface area contributed by atoms with Crippen LogP contribution in [0.5, 0.6) is 0 Å². The van der Waals surface area contributed by atoms with E-state index in [1.54, 1.807) is 0 Å². The number of amides is 1. The summed E-state index contributed by atoms with van der Waals surface area (Å²) in [6.45, 7) is 0. The quantitative estimate of drug-likeness (QED) is 0.836. The number of carbonyl (C=O) groups is 1. The minimum Gasteiger partial charge on any atom is -0.373 e. The summed E-state index contributed by atoms with van der Waals surface area (Å²) in [5.41, 5.74) is 2.35. The van der Waals surface area contributed by atoms with Gasteiger partial charge in [0.1, 0.15) is 6.04 Å². The zero-order valence-electron chi connectivity index (χ0n) is 9.61. The molecule has 0 aliphatic carbocycles. The van der Waals surface area contributed by atoms with Gasteiger partial charge in [0.25, 0.3) is 0 Å². The minimum absolute atomic E-state index is 0.0852. The predicted octanol–water partition coefficient (Wildman–Crippen LogP) is 1.64. The summed E-state index contributed by atoms with van der Waals surface area (Å²) in [6.07, 6.45) is 1.91. The maximum Gasteiger partial charge on any atom is 0.243 e. The molecule has 1 aromatic rings. The Bertz CT molecular complexity index is 404. The van der Waals surface area contributed by atoms with E-state index >= 15 is 0 Å². The van der Waals surface area contributed by atoms with Crippen LogP contribution in [0.3, 0.4) is 0 Å². The average Bonchev–Trinajstić information content (AvgIpc) is 2.96. The molecule has 0 radical (unpaired) electrons. The van der Waals surface area contributed by atoms with Gasteiger partial charge >= 0.3 is 0 Å². The summed E-state index contributed by atoms with van der Waals surface area (Å²) in [5, 5.41) is 6.42. The lowest BCUT2D eigenvalue weighted by Gasteiger charge is -2.16. The molecule has 3 rings (SSSR count). The lowest BCUT2D eigenvalue weighted by atomic mass is 10.1. The van der Waals surface area contributed by atoms with E-state index in [1.165, 1.54) is 11.3 Å². The Kier molecular flexibility index (Phi) is 2.97. The summed E-state index contributed by atoms with van der Waals surface area (Å²) in [4.78, 5) is 12.1. The molecule has 2 aliphatic heterocycles. The molecule has 2 aliphatic rings. The molecule has 2 N–H and O–H groups in total. The van der Waals surface area contributed by atoms with Crippen molar-refractivity contribution in [3.8, 4) is 0 Å². The molecule has 0 bridgehead atoms. The van der Waals surface area contributed by atoms with Crippen LogP contribution >= 0.6 is 11.8 Å². The van der Waals surface area contributed by atoms with Crippen LogP contribution in [0.15, 0.2) is 24.3 Å². The van der Waals surface area contributed by atoms with Gasteiger partial charge in [0.2, 0.25) is 5.91 Å². The van der Waals surface area contributed by atoms with Crippen molar-refractivity contribution >= 4 is 23.4 Å². The van der Waals surface area contributed by atoms with Crippen LogP contribution in [-0.4, -0.2) is 29.5 Å². The molecule has 0 saturated carbocycles. The van der Waals surface area contributed by atoms with Crippen LogP contribution in [0.1, 0.15) is 12.0 Å². The van der Waals surface area contributed by atoms with Gasteiger partial charge in [-0.2, -0.15) is 11.8 Å². The first-order chi connectivity index (χ1) is 8.33. The van der Waals surface area contributed by atoms with Crippen molar-refractivity contribution in [2.45, 2.75) is 24.9 Å². The van der Waals surface area contributed by atoms with Crippen molar-refractivity contribution < 1.29 is 4.79 Å². The molecule has 1 aromatic carbocycles. The Morgan fingerprint density at radius 3 is 3.06 bits per heavy atom. The largest absolute Gasteiger partial charge is 0.373 e. The highest BCUT2D eigenvalue weighted by molar-refractivity contribution is 7.99. The molecule has 4 heteroatoms. The van der Waals surface area contributed by atoms with Crippen molar-refractivity contribution in [3.05, 3.63) is 29.8 Å². The molecule has 17 heavy (non-hydrogen) atoms. The number of fused-ring (bicyclic) bond motifs is 1. The first-order valence-corrected chi connectivity index (χ1v) is 7.21. The summed E-state index contributed by atoms with van der Waals surface area (Å²) in [5.74, 6) is 2.38. The summed E-state index contributed by atoms with van der Waals surface area (Å²) in [6, 6.07) is 8.43. The third kappa shape index (κ3) is 2.27. The fourth-order valence-electron chi connectivity index (χ4n) is 2.41. The van der Waals surface area contributed by atoms with E-state index in [-0.39, 0.29) is 11.9 Å². The van der Waals surface area contributed by atoms with Crippen molar-refractivity contribution in [2.75, 3.05) is 16.8 Å². The van der Waals surface area contributed by atoms with E-state index in [2.05, 4.69) is 16.7 Å². The second-order valence-corrected chi connectivity index (χ2v) is 5.78. The first-order valence-electron chi connectivity index (χ1n) is 6.05. The lowest BCUT2D eigenvalue weighted by Crippen LogP contribution is -2.43. The zero-order valence-corrected chi connectivity index (χ0v) is 10.4. The van der Waals surface area contributed by atoms with Crippen molar-refractivity contribution in [1.82, 2.24) is 5.32 Å². The Labute approximate surface area is 105 Å². The van der Waals surface area contributed by atoms with Gasteiger partial charge in [-0.15, -0.1) is 0 Å². The summed E-state index contributed by atoms with van der Waals surface area (Å²) in [7, 11) is 0. The van der Waals surface area contributed by atoms with Gasteiger partial charge in [-0.25, -0.2) is 0 Å². The first kappa shape index (κ1) is 11.0. The van der Waals surface area contributed by atoms with Gasteiger partial charge in [-0.1, -0.05) is 18.2 Å². The van der Waals surface area contributed by atoms with Gasteiger partial charge < -0.3 is 10.6 Å². The number of thioether (sulfide) groups is 1. The summed E-state index contributed by atoms with van der Waals surface area (Å²) < 4.78 is 0. The van der Waals surface area contributed by atoms with Crippen LogP contribution in [0, 0.1) is 0 Å². The van der Waals surface area contributed by atoms with E-state index in [1.807, 2.05) is 30.0 Å². The molecule has 1 unspecified atom stereocenters. The highest BCUT2D eigenvalue weighted by Crippen LogP contribution is 2.25. The van der Waals surface area contributed by atoms with Gasteiger partial charge in [-0.3, -0.25) is 4.79 Å². The maximum atomic E-state index is 12.1. The van der Waals surface area contributed by atoms with Gasteiger partial charge in [0.15, 0.2) is 0 Å². The van der Waals surface area contributed by atoms with Crippen molar-refractivity contribution in [1.29, 1.82) is 0 Å². The number of anilines is 1. The second kappa shape index (κ2) is 4.61. The van der Waals surface area contributed by atoms with Gasteiger partial charge in [0.05, 0.1) is 0 Å². The fourth-order valence-corrected chi connectivity index (χ4v) is 3.56. The van der Waals surface area contributed by atoms with Gasteiger partial charge in [0, 0.05) is 23.9 Å². The van der Waals surface area contributed by atoms with Crippen molar-refractivity contribution in [2.24, 2.45) is 0 Å². The van der Waals surface area contributed by atoms with Crippen LogP contribution in [0.25, 0.3) is 0 Å². The molecule has 0 aromatic heterocycles. The molecule has 2 atom stereocenters. The number of rotatable bonds is 2. The normalized spacial score (nSPS) is 26.4. The molecule has 90 valence electrons. The third-order valence-electron chi connectivity index (χ3n) is 3.36. The number of carbonyl (C=O) groups excluding carboxylic acids is 1. The van der Waals surface area contributed by atoms with E-state index in [0.717, 1.165) is 24.3 Å². The molecule has 1 saturated heterocycles. The molecule has 3 nitrogen and oxygen atoms in total. The van der Waals surface area contributed by atoms with Crippen LogP contribution in [0.4, 0.5) is 5.69 Å². The van der Waals surface area contributed by atoms with E-state index in [9.17, 15) is 4.79 Å². The molecule has 2 heterocycles. The standard InChI is InChI=1S/C13H16N2OS/c16-13(14-10-5-6-17-8-10)12-7-9-3-1-2-4-11(9)15-12/h1-4,10,12,15H,5-8H2,(H,14,16)/t10?,12-/m0/s1. The van der Waals surface area contributed by atoms with Crippen LogP contribution in [-0.2, 0) is 11.2 Å². The third-order valence-corrected chi connectivity index (χ3v) is 4.53. The summed E-state index contributed by atoms with van der Waals surface area (Å²) >= 11 is 1.92. The monoisotopic (exact) mass is 248 g/mol. The number of benzene rings is 1. The Morgan fingerprint density at radius 2 is 2.29 bits per heavy atom. The maximum absolute atomic E-state index is 12.1. The Hall–Kier alpha value is -1.16. The zero-order chi connectivity index (χ0) is 11.7. The van der Waals surface area contributed by atoms with E-state index in [4.69, 9.17) is 0 Å². The van der Waals surface area contributed by atoms with E-state index in [0.29, 0.717) is 6.04 Å². The molecular formula is C13H16N2OS. The highest BCUT2D eigenvalue weighted by atomic mass is 32.2. The fraction of sp³-hybridized carbons (Fsp3) is 0.462. The molecule has 1 fully saturated rings. The Morgan fingerprint density at radius 1 is 1.41 bits per heavy atom.